The van der Waals surface area contributed by atoms with Crippen LogP contribution in [0.5, 0.6) is 58.7 Å². The third-order valence-electron chi connectivity index (χ3n) is 26.2. The van der Waals surface area contributed by atoms with Crippen LogP contribution in [0, 0.1) is 34.8 Å². The number of hydrogen-bond acceptors (Lipinski definition) is 30. The van der Waals surface area contributed by atoms with Crippen molar-refractivity contribution in [2.45, 2.75) is 89.3 Å². The first-order valence-corrected chi connectivity index (χ1v) is 42.7. The van der Waals surface area contributed by atoms with Crippen molar-refractivity contribution in [1.82, 2.24) is 69.8 Å². The van der Waals surface area contributed by atoms with Crippen LogP contribution in [0.25, 0.3) is 55.5 Å². The van der Waals surface area contributed by atoms with Gasteiger partial charge in [-0.2, -0.15) is 39.9 Å². The molecule has 6 aromatic carbocycles. The van der Waals surface area contributed by atoms with Gasteiger partial charge in [-0.1, -0.05) is 60.7 Å². The van der Waals surface area contributed by atoms with Gasteiger partial charge in [0.2, 0.25) is 11.8 Å². The first-order valence-electron chi connectivity index (χ1n) is 42.7. The van der Waals surface area contributed by atoms with Crippen LogP contribution in [-0.4, -0.2) is 155 Å². The van der Waals surface area contributed by atoms with Crippen LogP contribution in [-0.2, 0) is 25.7 Å². The van der Waals surface area contributed by atoms with Gasteiger partial charge in [0.1, 0.15) is 46.4 Å². The molecule has 11 heterocycles. The van der Waals surface area contributed by atoms with Crippen molar-refractivity contribution in [2.24, 2.45) is 33.4 Å². The van der Waals surface area contributed by atoms with Crippen LogP contribution in [0.3, 0.4) is 0 Å². The minimum absolute atomic E-state index is 0.136. The topological polar surface area (TPSA) is 389 Å². The number of rotatable bonds is 17. The zero-order valence-corrected chi connectivity index (χ0v) is 70.5. The van der Waals surface area contributed by atoms with Crippen molar-refractivity contribution in [1.29, 1.82) is 0 Å². The van der Waals surface area contributed by atoms with Crippen LogP contribution < -0.4 is 82.6 Å². The number of ether oxygens (including phenoxy) is 5. The summed E-state index contributed by atoms with van der Waals surface area (Å²) in [5, 5.41) is 13.1. The number of pyridine rings is 2. The largest absolute Gasteiger partial charge is 0.435 e. The average molecular weight is 1700 g/mol. The maximum atomic E-state index is 13.7. The highest BCUT2D eigenvalue weighted by atomic mass is 19.1. The van der Waals surface area contributed by atoms with Crippen LogP contribution in [0.1, 0.15) is 89.4 Å². The fourth-order valence-corrected chi connectivity index (χ4v) is 19.0. The minimum Gasteiger partial charge on any atom is -0.435 e. The molecule has 30 nitrogen and oxygen atoms in total. The summed E-state index contributed by atoms with van der Waals surface area (Å²) in [6, 6.07) is 44.1. The van der Waals surface area contributed by atoms with Gasteiger partial charge in [-0.05, 0) is 151 Å². The second-order valence-electron chi connectivity index (χ2n) is 34.1. The molecule has 32 heteroatoms. The van der Waals surface area contributed by atoms with Gasteiger partial charge in [-0.25, -0.2) is 28.7 Å². The zero-order chi connectivity index (χ0) is 86.6. The van der Waals surface area contributed by atoms with Crippen molar-refractivity contribution in [3.05, 3.63) is 239 Å². The minimum atomic E-state index is -0.355. The van der Waals surface area contributed by atoms with Gasteiger partial charge in [0, 0.05) is 191 Å². The predicted molar refractivity (Wildman–Crippen MR) is 481 cm³/mol. The highest BCUT2D eigenvalue weighted by Crippen LogP contribution is 2.59. The molecule has 3 spiro atoms. The van der Waals surface area contributed by atoms with E-state index in [4.69, 9.17) is 76.5 Å². The van der Waals surface area contributed by atoms with Crippen LogP contribution >= 0.6 is 0 Å². The van der Waals surface area contributed by atoms with Gasteiger partial charge in [-0.15, -0.1) is 0 Å². The van der Waals surface area contributed by atoms with E-state index < -0.39 is 0 Å². The molecule has 10 aliphatic rings. The molecule has 3 aliphatic heterocycles. The third kappa shape index (κ3) is 15.1. The lowest BCUT2D eigenvalue weighted by molar-refractivity contribution is 0.407. The number of nitrogens with two attached hydrogens (primary N) is 4. The molecule has 3 atom stereocenters. The number of halogens is 2. The summed E-state index contributed by atoms with van der Waals surface area (Å²) in [5.41, 5.74) is 48.6. The molecule has 127 heavy (non-hydrogen) atoms. The molecule has 24 rings (SSSR count). The molecule has 3 saturated heterocycles. The molecule has 8 aromatic heterocycles. The molecular weight excluding hydrogens is 1610 g/mol. The van der Waals surface area contributed by atoms with Gasteiger partial charge in [-0.3, -0.25) is 9.97 Å². The van der Waals surface area contributed by atoms with Gasteiger partial charge in [0.05, 0.1) is 70.4 Å². The Labute approximate surface area is 729 Å². The maximum Gasteiger partial charge on any atom is 0.325 e. The maximum absolute atomic E-state index is 13.7. The van der Waals surface area contributed by atoms with E-state index in [0.717, 1.165) is 164 Å². The molecule has 14 aromatic rings. The first-order chi connectivity index (χ1) is 61.9. The van der Waals surface area contributed by atoms with E-state index in [1.807, 2.05) is 64.6 Å². The summed E-state index contributed by atoms with van der Waals surface area (Å²) in [6.07, 6.45) is 19.4. The summed E-state index contributed by atoms with van der Waals surface area (Å²) in [4.78, 5) is 70.1. The first kappa shape index (κ1) is 79.7. The number of anilines is 8. The molecule has 0 radical (unpaired) electrons. The predicted octanol–water partition coefficient (Wildman–Crippen LogP) is 14.8. The van der Waals surface area contributed by atoms with Crippen LogP contribution in [0.15, 0.2) is 177 Å². The van der Waals surface area contributed by atoms with E-state index in [1.54, 1.807) is 56.0 Å². The monoisotopic (exact) mass is 1700 g/mol. The van der Waals surface area contributed by atoms with Crippen molar-refractivity contribution < 1.29 is 32.5 Å². The van der Waals surface area contributed by atoms with Crippen LogP contribution in [0.2, 0.25) is 0 Å². The average Bonchev–Trinajstić information content (AvgIpc) is 1.57. The number of aryl methyl sites for hydroxylation is 1. The van der Waals surface area contributed by atoms with E-state index in [1.165, 1.54) is 97.4 Å². The van der Waals surface area contributed by atoms with E-state index >= 15 is 0 Å². The molecule has 7 aliphatic carbocycles. The number of nitrogen functional groups attached to an aromatic ring is 1. The summed E-state index contributed by atoms with van der Waals surface area (Å²) in [5.74, 6) is 5.24. The molecule has 3 saturated carbocycles. The Morgan fingerprint density at radius 3 is 1.11 bits per heavy atom. The SMILES string of the molecule is CNc1cccc2c1Cc1nc(Oc3cccc(F)c3)nc(N3CC(N)C4(CC4)C3)c1-2.CNc1cccc2c1Cc1nc(Oc3cccc(F)c3)nc(N3C[C@H](N)C4(CC4)C3)c1-2.CNc1cccc2c1Cc1nc(Oc3cnc(C)nc3)nc(Oc3cnc(N)nc3)c1-2.CNc1cccc2c1Cc1nc(Oc3cnc4cccnc4c3)nc(N3CC(N)C4(CC4)C3)c1-2. The molecule has 0 bridgehead atoms. The molecule has 6 fully saturated rings. The number of nitrogens with zero attached hydrogens (tertiary/aromatic N) is 17. The Morgan fingerprint density at radius 2 is 0.717 bits per heavy atom. The number of nitrogens with one attached hydrogen (secondary N) is 4. The van der Waals surface area contributed by atoms with Gasteiger partial charge >= 0.3 is 24.0 Å². The Hall–Kier alpha value is -14.5. The Kier molecular flexibility index (Phi) is 20.0. The van der Waals surface area contributed by atoms with Crippen molar-refractivity contribution >= 4 is 57.2 Å². The second-order valence-corrected chi connectivity index (χ2v) is 34.1. The third-order valence-corrected chi connectivity index (χ3v) is 26.2. The Balaban J connectivity index is 0.000000103. The standard InChI is InChI=1S/C26H25N7O.2C24H24FN5O.C21H18N8O2/c1-28-18-5-2-4-16-17(18)11-21-23(16)24(33-13-22(27)26(14-33)7-8-26)32-25(31-21)34-15-10-20-19(30-12-15)6-3-9-29-20;2*1-27-18-7-3-6-16-17(18)11-19-21(16)22(30-12-20(26)24(13-30)8-9-24)29-23(28-19)31-15-5-2-4-14(25)10-15;1-11-24-7-13(8-25-11)31-21-28-17-6-15-14(4-3-5-16(15)23-2)18(17)19(29-21)30-12-9-26-20(22)27-10-12/h2-6,9-10,12,22,28H,7-8,11,13-14,27H2,1H3;2*2-7,10,20,27H,8-9,11-13,26H2,1H3;3-5,7-10,23H,6H2,1-2H3,(H2,22,26,27)/t;20-;;/m.0../s1. The van der Waals surface area contributed by atoms with Gasteiger partial charge in [0.25, 0.3) is 0 Å². The second kappa shape index (κ2) is 31.9. The summed E-state index contributed by atoms with van der Waals surface area (Å²) in [6.45, 7) is 6.86. The summed E-state index contributed by atoms with van der Waals surface area (Å²) < 4.78 is 57.1. The molecular formula is C95H91F2N25O5. The van der Waals surface area contributed by atoms with E-state index in [0.29, 0.717) is 65.7 Å². The smallest absolute Gasteiger partial charge is 0.325 e. The van der Waals surface area contributed by atoms with Gasteiger partial charge in [0.15, 0.2) is 17.2 Å². The Morgan fingerprint density at radius 1 is 0.362 bits per heavy atom. The van der Waals surface area contributed by atoms with E-state index in [-0.39, 0.29) is 70.0 Å². The van der Waals surface area contributed by atoms with E-state index in [2.05, 4.69) is 130 Å². The number of fused-ring (bicyclic) bond motifs is 13. The van der Waals surface area contributed by atoms with E-state index in [9.17, 15) is 8.78 Å². The number of aromatic nitrogens is 14. The molecule has 0 amide bonds. The molecule has 12 N–H and O–H groups in total. The van der Waals surface area contributed by atoms with Crippen molar-refractivity contribution in [2.75, 3.05) is 109 Å². The van der Waals surface area contributed by atoms with Gasteiger partial charge < -0.3 is 82.6 Å². The highest BCUT2D eigenvalue weighted by Gasteiger charge is 2.57. The highest BCUT2D eigenvalue weighted by molar-refractivity contribution is 5.92. The Bertz CT molecular complexity index is 6490. The fourth-order valence-electron chi connectivity index (χ4n) is 19.0. The van der Waals surface area contributed by atoms with Crippen LogP contribution in [0.4, 0.5) is 54.9 Å². The molecule has 2 unspecified atom stereocenters. The number of benzene rings is 6. The van der Waals surface area contributed by atoms with Crippen molar-refractivity contribution in [3.8, 4) is 103 Å². The quantitative estimate of drug-likeness (QED) is 0.0420. The summed E-state index contributed by atoms with van der Waals surface area (Å²) in [7, 11) is 7.70. The normalized spacial score (nSPS) is 17.7. The zero-order valence-electron chi connectivity index (χ0n) is 70.5. The lowest BCUT2D eigenvalue weighted by Crippen LogP contribution is -2.30. The number of hydrogen-bond donors (Lipinski definition) is 8. The summed E-state index contributed by atoms with van der Waals surface area (Å²) >= 11 is 0. The van der Waals surface area contributed by atoms with Crippen molar-refractivity contribution in [3.63, 3.8) is 0 Å². The lowest BCUT2D eigenvalue weighted by atomic mass is 10.0. The fraction of sp³-hybridized carbons (Fsp3) is 0.284. The molecule has 640 valence electrons. The lowest BCUT2D eigenvalue weighted by Gasteiger charge is -2.21.